The van der Waals surface area contributed by atoms with E-state index < -0.39 is 11.9 Å². The Hall–Kier alpha value is -3.12. The molecule has 2 aromatic carbocycles. The number of rotatable bonds is 5. The Morgan fingerprint density at radius 3 is 2.50 bits per heavy atom. The van der Waals surface area contributed by atoms with E-state index in [-0.39, 0.29) is 31.1 Å². The van der Waals surface area contributed by atoms with E-state index in [9.17, 15) is 20.1 Å². The summed E-state index contributed by atoms with van der Waals surface area (Å²) < 4.78 is 0. The molecule has 0 radical (unpaired) electrons. The van der Waals surface area contributed by atoms with Crippen molar-refractivity contribution in [2.45, 2.75) is 19.9 Å². The number of phenolic OH excluding ortho intramolecular Hbond substituents is 2. The van der Waals surface area contributed by atoms with E-state index in [1.807, 2.05) is 0 Å². The van der Waals surface area contributed by atoms with Gasteiger partial charge in [-0.25, -0.2) is 0 Å². The Morgan fingerprint density at radius 2 is 1.81 bits per heavy atom. The van der Waals surface area contributed by atoms with Gasteiger partial charge in [-0.1, -0.05) is 31.7 Å². The summed E-state index contributed by atoms with van der Waals surface area (Å²) in [6, 6.07) is 12.8. The number of hydrogen-bond donors (Lipinski definition) is 4. The first-order valence-electron chi connectivity index (χ1n) is 7.85. The molecule has 3 rings (SSSR count). The molecule has 0 fully saturated rings. The van der Waals surface area contributed by atoms with E-state index in [0.29, 0.717) is 11.9 Å². The average Bonchev–Trinajstić information content (AvgIpc) is 2.63. The van der Waals surface area contributed by atoms with Gasteiger partial charge in [0, 0.05) is 11.6 Å². The number of amides is 1. The predicted molar refractivity (Wildman–Crippen MR) is 100 cm³/mol. The van der Waals surface area contributed by atoms with Gasteiger partial charge in [-0.3, -0.25) is 9.78 Å². The lowest BCUT2D eigenvalue weighted by molar-refractivity contribution is 0.0914. The zero-order valence-electron chi connectivity index (χ0n) is 13.4. The number of fused-ring (bicyclic) bond motifs is 1. The molecule has 0 bridgehead atoms. The quantitative estimate of drug-likeness (QED) is 0.564. The third-order valence-corrected chi connectivity index (χ3v) is 3.97. The Bertz CT molecular complexity index is 894. The van der Waals surface area contributed by atoms with Crippen molar-refractivity contribution in [2.75, 3.05) is 6.61 Å². The largest absolute Gasteiger partial charge is 0.508 e. The van der Waals surface area contributed by atoms with Gasteiger partial charge in [-0.15, -0.1) is 0 Å². The minimum absolute atomic E-state index is 0. The van der Waals surface area contributed by atoms with Gasteiger partial charge in [-0.2, -0.15) is 0 Å². The van der Waals surface area contributed by atoms with Gasteiger partial charge in [0.25, 0.3) is 5.91 Å². The zero-order chi connectivity index (χ0) is 17.8. The van der Waals surface area contributed by atoms with Crippen LogP contribution >= 0.6 is 0 Å². The van der Waals surface area contributed by atoms with Gasteiger partial charge in [0.15, 0.2) is 5.75 Å². The van der Waals surface area contributed by atoms with Crippen molar-refractivity contribution in [3.8, 4) is 11.5 Å². The monoisotopic (exact) mass is 354 g/mol. The molecule has 0 saturated heterocycles. The lowest BCUT2D eigenvalue weighted by Gasteiger charge is -2.17. The van der Waals surface area contributed by atoms with Gasteiger partial charge in [0.05, 0.1) is 18.2 Å². The first kappa shape index (κ1) is 19.2. The lowest BCUT2D eigenvalue weighted by Crippen LogP contribution is -2.39. The number of carbonyl (C=O) groups excluding carboxylic acids is 1. The molecule has 0 aliphatic rings. The van der Waals surface area contributed by atoms with Crippen molar-refractivity contribution in [1.29, 1.82) is 0 Å². The van der Waals surface area contributed by atoms with Gasteiger partial charge in [0.2, 0.25) is 0 Å². The zero-order valence-corrected chi connectivity index (χ0v) is 13.4. The number of aliphatic hydroxyl groups is 1. The molecule has 6 nitrogen and oxygen atoms in total. The van der Waals surface area contributed by atoms with Gasteiger partial charge < -0.3 is 20.6 Å². The molecule has 1 aromatic heterocycles. The van der Waals surface area contributed by atoms with Crippen LogP contribution in [0.15, 0.2) is 54.7 Å². The summed E-state index contributed by atoms with van der Waals surface area (Å²) in [6.45, 7) is -0.251. The van der Waals surface area contributed by atoms with Crippen molar-refractivity contribution >= 4 is 16.8 Å². The number of benzene rings is 2. The number of carbonyl (C=O) groups is 1. The van der Waals surface area contributed by atoms with Crippen LogP contribution in [0.2, 0.25) is 0 Å². The number of pyridine rings is 1. The Kier molecular flexibility index (Phi) is 6.14. The topological polar surface area (TPSA) is 103 Å². The maximum Gasteiger partial charge on any atom is 0.255 e. The highest BCUT2D eigenvalue weighted by molar-refractivity contribution is 6.02. The minimum atomic E-state index is -0.518. The summed E-state index contributed by atoms with van der Waals surface area (Å²) in [7, 11) is 0. The maximum atomic E-state index is 12.5. The number of nitrogens with one attached hydrogen (secondary N) is 1. The molecule has 26 heavy (non-hydrogen) atoms. The third-order valence-electron chi connectivity index (χ3n) is 3.97. The minimum Gasteiger partial charge on any atom is -0.508 e. The maximum absolute atomic E-state index is 12.5. The number of aromatic nitrogens is 1. The van der Waals surface area contributed by atoms with Crippen LogP contribution < -0.4 is 5.32 Å². The van der Waals surface area contributed by atoms with E-state index >= 15 is 0 Å². The van der Waals surface area contributed by atoms with Crippen LogP contribution in [0.1, 0.15) is 23.3 Å². The van der Waals surface area contributed by atoms with Crippen LogP contribution in [0.4, 0.5) is 0 Å². The molecular weight excluding hydrogens is 332 g/mol. The smallest absolute Gasteiger partial charge is 0.255 e. The summed E-state index contributed by atoms with van der Waals surface area (Å²) in [6.07, 6.45) is 1.94. The second kappa shape index (κ2) is 8.31. The molecule has 3 aromatic rings. The van der Waals surface area contributed by atoms with E-state index in [4.69, 9.17) is 0 Å². The van der Waals surface area contributed by atoms with Crippen LogP contribution in [0.5, 0.6) is 11.5 Å². The van der Waals surface area contributed by atoms with E-state index in [2.05, 4.69) is 10.3 Å². The third kappa shape index (κ3) is 4.10. The number of phenols is 2. The van der Waals surface area contributed by atoms with Crippen molar-refractivity contribution in [2.24, 2.45) is 0 Å². The van der Waals surface area contributed by atoms with Crippen LogP contribution in [0.3, 0.4) is 0 Å². The number of aromatic hydroxyl groups is 2. The molecule has 1 atom stereocenters. The molecule has 0 saturated carbocycles. The first-order valence-corrected chi connectivity index (χ1v) is 7.85. The number of hydrogen-bond acceptors (Lipinski definition) is 5. The van der Waals surface area contributed by atoms with Gasteiger partial charge >= 0.3 is 0 Å². The molecule has 6 heteroatoms. The van der Waals surface area contributed by atoms with E-state index in [1.165, 1.54) is 6.07 Å². The second-order valence-electron chi connectivity index (χ2n) is 5.76. The van der Waals surface area contributed by atoms with Gasteiger partial charge in [0.1, 0.15) is 11.3 Å². The van der Waals surface area contributed by atoms with Crippen molar-refractivity contribution < 1.29 is 20.1 Å². The number of aliphatic hydroxyl groups excluding tert-OH is 1. The highest BCUT2D eigenvalue weighted by atomic mass is 16.3. The molecule has 1 heterocycles. The molecule has 136 valence electrons. The Labute approximate surface area is 151 Å². The second-order valence-corrected chi connectivity index (χ2v) is 5.76. The Balaban J connectivity index is 0.00000243. The molecule has 0 aliphatic heterocycles. The average molecular weight is 354 g/mol. The fourth-order valence-electron chi connectivity index (χ4n) is 2.65. The van der Waals surface area contributed by atoms with Crippen LogP contribution in [-0.4, -0.2) is 38.9 Å². The molecule has 1 amide bonds. The highest BCUT2D eigenvalue weighted by Gasteiger charge is 2.18. The van der Waals surface area contributed by atoms with E-state index in [0.717, 1.165) is 10.9 Å². The van der Waals surface area contributed by atoms with Gasteiger partial charge in [-0.05, 0) is 36.2 Å². The molecule has 0 aliphatic carbocycles. The summed E-state index contributed by atoms with van der Waals surface area (Å²) in [5.74, 6) is -0.512. The fraction of sp³-hybridized carbons (Fsp3) is 0.200. The van der Waals surface area contributed by atoms with Crippen LogP contribution in [0.25, 0.3) is 10.9 Å². The molecule has 0 spiro atoms. The predicted octanol–water partition coefficient (Wildman–Crippen LogP) is 2.62. The fourth-order valence-corrected chi connectivity index (χ4v) is 2.65. The Morgan fingerprint density at radius 1 is 1.08 bits per heavy atom. The van der Waals surface area contributed by atoms with Crippen molar-refractivity contribution in [3.63, 3.8) is 0 Å². The van der Waals surface area contributed by atoms with Crippen LogP contribution in [0, 0.1) is 0 Å². The first-order chi connectivity index (χ1) is 12.1. The van der Waals surface area contributed by atoms with E-state index in [1.54, 1.807) is 48.7 Å². The molecule has 1 unspecified atom stereocenters. The lowest BCUT2D eigenvalue weighted by atomic mass is 10.0. The molecular formula is C20H22N2O4. The summed E-state index contributed by atoms with van der Waals surface area (Å²) in [5, 5.41) is 32.6. The SMILES string of the molecule is C.O=C(NC(CO)Cc1ccc(O)cc1)c1ccc2cccnc2c1O. The summed E-state index contributed by atoms with van der Waals surface area (Å²) in [5.41, 5.74) is 1.33. The van der Waals surface area contributed by atoms with Crippen molar-refractivity contribution in [3.05, 3.63) is 65.9 Å². The number of nitrogens with zero attached hydrogens (tertiary/aromatic N) is 1. The molecule has 4 N–H and O–H groups in total. The highest BCUT2D eigenvalue weighted by Crippen LogP contribution is 2.26. The van der Waals surface area contributed by atoms with Crippen LogP contribution in [-0.2, 0) is 6.42 Å². The summed E-state index contributed by atoms with van der Waals surface area (Å²) in [4.78, 5) is 16.6. The summed E-state index contributed by atoms with van der Waals surface area (Å²) >= 11 is 0. The standard InChI is InChI=1S/C19H18N2O4.CH4/c22-11-14(10-12-3-6-15(23)7-4-12)21-19(25)16-8-5-13-2-1-9-20-17(13)18(16)24;/h1-9,14,22-24H,10-11H2,(H,21,25);1H4. The normalized spacial score (nSPS) is 11.6. The van der Waals surface area contributed by atoms with Crippen molar-refractivity contribution in [1.82, 2.24) is 10.3 Å².